The van der Waals surface area contributed by atoms with Crippen molar-refractivity contribution in [2.75, 3.05) is 11.9 Å². The van der Waals surface area contributed by atoms with Crippen molar-refractivity contribution in [3.63, 3.8) is 0 Å². The van der Waals surface area contributed by atoms with Gasteiger partial charge in [0.2, 0.25) is 0 Å². The highest BCUT2D eigenvalue weighted by molar-refractivity contribution is 9.10. The van der Waals surface area contributed by atoms with Gasteiger partial charge in [0.25, 0.3) is 0 Å². The summed E-state index contributed by atoms with van der Waals surface area (Å²) in [5.41, 5.74) is 2.03. The summed E-state index contributed by atoms with van der Waals surface area (Å²) in [6.45, 7) is 0.781. The van der Waals surface area contributed by atoms with E-state index in [2.05, 4.69) is 26.3 Å². The van der Waals surface area contributed by atoms with Crippen molar-refractivity contribution in [3.8, 4) is 0 Å². The van der Waals surface area contributed by atoms with Gasteiger partial charge < -0.3 is 5.32 Å². The number of benzene rings is 1. The number of nitrogens with one attached hydrogen (secondary N) is 1. The largest absolute Gasteiger partial charge is 0.383 e. The number of anilines is 1. The lowest BCUT2D eigenvalue weighted by Crippen LogP contribution is -2.05. The molecule has 0 aliphatic carbocycles. The van der Waals surface area contributed by atoms with Crippen molar-refractivity contribution in [1.29, 1.82) is 0 Å². The van der Waals surface area contributed by atoms with Crippen LogP contribution in [-0.2, 0) is 13.5 Å². The van der Waals surface area contributed by atoms with E-state index in [0.29, 0.717) is 10.0 Å². The van der Waals surface area contributed by atoms with E-state index in [1.807, 2.05) is 31.6 Å². The van der Waals surface area contributed by atoms with Crippen LogP contribution in [-0.4, -0.2) is 16.3 Å². The zero-order valence-corrected chi connectivity index (χ0v) is 12.8. The molecule has 3 nitrogen and oxygen atoms in total. The molecule has 0 aliphatic heterocycles. The molecule has 6 heteroatoms. The maximum atomic E-state index is 6.14. The first-order valence-electron chi connectivity index (χ1n) is 5.43. The van der Waals surface area contributed by atoms with Gasteiger partial charge in [-0.3, -0.25) is 4.68 Å². The first-order chi connectivity index (χ1) is 8.58. The Morgan fingerprint density at radius 2 is 2.11 bits per heavy atom. The molecule has 0 spiro atoms. The molecule has 0 amide bonds. The van der Waals surface area contributed by atoms with Gasteiger partial charge in [-0.2, -0.15) is 5.10 Å². The fourth-order valence-corrected chi connectivity index (χ4v) is 2.45. The molecular weight excluding hydrogens is 337 g/mol. The molecule has 1 heterocycles. The maximum absolute atomic E-state index is 6.14. The molecule has 1 aromatic heterocycles. The quantitative estimate of drug-likeness (QED) is 0.841. The van der Waals surface area contributed by atoms with Crippen LogP contribution in [0.1, 0.15) is 5.56 Å². The van der Waals surface area contributed by atoms with Gasteiger partial charge in [-0.25, -0.2) is 0 Å². The predicted octanol–water partition coefficient (Wildman–Crippen LogP) is 4.14. The minimum atomic E-state index is 0.531. The van der Waals surface area contributed by atoms with Crippen LogP contribution >= 0.6 is 39.1 Å². The molecular formula is C12H12BrCl2N3. The lowest BCUT2D eigenvalue weighted by atomic mass is 10.2. The van der Waals surface area contributed by atoms with Crippen molar-refractivity contribution in [1.82, 2.24) is 9.78 Å². The monoisotopic (exact) mass is 347 g/mol. The summed E-state index contributed by atoms with van der Waals surface area (Å²) in [6.07, 6.45) is 4.74. The van der Waals surface area contributed by atoms with Crippen molar-refractivity contribution >= 4 is 44.8 Å². The van der Waals surface area contributed by atoms with Crippen molar-refractivity contribution in [2.24, 2.45) is 7.05 Å². The Morgan fingerprint density at radius 3 is 2.78 bits per heavy atom. The Morgan fingerprint density at radius 1 is 1.33 bits per heavy atom. The minimum Gasteiger partial charge on any atom is -0.383 e. The topological polar surface area (TPSA) is 29.9 Å². The molecule has 1 N–H and O–H groups in total. The molecule has 0 atom stereocenters. The van der Waals surface area contributed by atoms with Crippen LogP contribution in [0.15, 0.2) is 29.0 Å². The van der Waals surface area contributed by atoms with E-state index in [9.17, 15) is 0 Å². The van der Waals surface area contributed by atoms with Crippen LogP contribution in [0.3, 0.4) is 0 Å². The molecule has 0 radical (unpaired) electrons. The zero-order valence-electron chi connectivity index (χ0n) is 9.75. The highest BCUT2D eigenvalue weighted by Crippen LogP contribution is 2.35. The Hall–Kier alpha value is -0.710. The summed E-state index contributed by atoms with van der Waals surface area (Å²) < 4.78 is 2.59. The fourth-order valence-electron chi connectivity index (χ4n) is 1.60. The summed E-state index contributed by atoms with van der Waals surface area (Å²) in [5, 5.41) is 8.46. The van der Waals surface area contributed by atoms with Crippen LogP contribution in [0, 0.1) is 0 Å². The Labute approximate surface area is 124 Å². The van der Waals surface area contributed by atoms with E-state index in [4.69, 9.17) is 23.2 Å². The van der Waals surface area contributed by atoms with Gasteiger partial charge in [-0.05, 0) is 40.0 Å². The molecule has 0 aliphatic rings. The normalized spacial score (nSPS) is 10.7. The second-order valence-electron chi connectivity index (χ2n) is 3.92. The van der Waals surface area contributed by atoms with Crippen LogP contribution < -0.4 is 5.32 Å². The van der Waals surface area contributed by atoms with E-state index >= 15 is 0 Å². The summed E-state index contributed by atoms with van der Waals surface area (Å²) >= 11 is 15.5. The van der Waals surface area contributed by atoms with E-state index < -0.39 is 0 Å². The number of nitrogens with zero attached hydrogens (tertiary/aromatic N) is 2. The van der Waals surface area contributed by atoms with Gasteiger partial charge in [-0.15, -0.1) is 0 Å². The minimum absolute atomic E-state index is 0.531. The molecule has 1 aromatic carbocycles. The fraction of sp³-hybridized carbons (Fsp3) is 0.250. The van der Waals surface area contributed by atoms with Crippen molar-refractivity contribution in [3.05, 3.63) is 44.6 Å². The van der Waals surface area contributed by atoms with E-state index in [-0.39, 0.29) is 0 Å². The predicted molar refractivity (Wildman–Crippen MR) is 79.6 cm³/mol. The van der Waals surface area contributed by atoms with Gasteiger partial charge in [0.05, 0.1) is 21.9 Å². The molecule has 0 unspecified atom stereocenters. The van der Waals surface area contributed by atoms with Gasteiger partial charge in [0.15, 0.2) is 0 Å². The van der Waals surface area contributed by atoms with Crippen molar-refractivity contribution in [2.45, 2.75) is 6.42 Å². The van der Waals surface area contributed by atoms with Crippen LogP contribution in [0.2, 0.25) is 10.0 Å². The van der Waals surface area contributed by atoms with Gasteiger partial charge in [-0.1, -0.05) is 23.2 Å². The van der Waals surface area contributed by atoms with E-state index in [0.717, 1.165) is 23.1 Å². The second-order valence-corrected chi connectivity index (χ2v) is 5.53. The first-order valence-corrected chi connectivity index (χ1v) is 6.97. The van der Waals surface area contributed by atoms with Gasteiger partial charge in [0, 0.05) is 24.3 Å². The number of hydrogen-bond acceptors (Lipinski definition) is 2. The highest BCUT2D eigenvalue weighted by Gasteiger charge is 2.07. The Balaban J connectivity index is 1.96. The summed E-state index contributed by atoms with van der Waals surface area (Å²) in [7, 11) is 1.91. The Kier molecular flexibility index (Phi) is 4.54. The maximum Gasteiger partial charge on any atom is 0.0835 e. The average molecular weight is 349 g/mol. The number of hydrogen-bond donors (Lipinski definition) is 1. The third-order valence-corrected chi connectivity index (χ3v) is 4.29. The van der Waals surface area contributed by atoms with Crippen LogP contribution in [0.5, 0.6) is 0 Å². The van der Waals surface area contributed by atoms with Crippen LogP contribution in [0.4, 0.5) is 5.69 Å². The molecule has 0 saturated heterocycles. The Bertz CT molecular complexity index is 554. The number of halogens is 3. The molecule has 18 heavy (non-hydrogen) atoms. The summed E-state index contributed by atoms with van der Waals surface area (Å²) in [4.78, 5) is 0. The molecule has 2 rings (SSSR count). The van der Waals surface area contributed by atoms with Gasteiger partial charge in [0.1, 0.15) is 0 Å². The molecule has 96 valence electrons. The SMILES string of the molecule is Cn1cc(CCNc2ccc(Br)c(Cl)c2Cl)cn1. The second kappa shape index (κ2) is 5.95. The highest BCUT2D eigenvalue weighted by atomic mass is 79.9. The standard InChI is InChI=1S/C12H12BrCl2N3/c1-18-7-8(6-17-18)4-5-16-10-3-2-9(13)11(14)12(10)15/h2-3,6-7,16H,4-5H2,1H3. The smallest absolute Gasteiger partial charge is 0.0835 e. The lowest BCUT2D eigenvalue weighted by molar-refractivity contribution is 0.767. The molecule has 0 saturated carbocycles. The third kappa shape index (κ3) is 3.19. The van der Waals surface area contributed by atoms with E-state index in [1.54, 1.807) is 4.68 Å². The van der Waals surface area contributed by atoms with Crippen molar-refractivity contribution < 1.29 is 0 Å². The third-order valence-electron chi connectivity index (χ3n) is 2.52. The van der Waals surface area contributed by atoms with Gasteiger partial charge >= 0.3 is 0 Å². The zero-order chi connectivity index (χ0) is 13.1. The van der Waals surface area contributed by atoms with Crippen LogP contribution in [0.25, 0.3) is 0 Å². The lowest BCUT2D eigenvalue weighted by Gasteiger charge is -2.09. The molecule has 0 fully saturated rings. The molecule has 2 aromatic rings. The van der Waals surface area contributed by atoms with E-state index in [1.165, 1.54) is 5.56 Å². The first kappa shape index (κ1) is 13.7. The summed E-state index contributed by atoms with van der Waals surface area (Å²) in [6, 6.07) is 3.78. The number of aromatic nitrogens is 2. The molecule has 0 bridgehead atoms. The number of aryl methyl sites for hydroxylation is 1. The average Bonchev–Trinajstić information content (AvgIpc) is 2.75. The number of rotatable bonds is 4. The summed E-state index contributed by atoms with van der Waals surface area (Å²) in [5.74, 6) is 0.